The molecule has 0 saturated carbocycles. The molecule has 0 heterocycles. The number of carbonyl (C=O) groups is 1. The van der Waals surface area contributed by atoms with E-state index in [0.717, 1.165) is 24.0 Å². The number of rotatable bonds is 7. The third-order valence-corrected chi connectivity index (χ3v) is 4.44. The molecular formula is C21H24N2O. The number of hydrogen-bond acceptors (Lipinski definition) is 2. The van der Waals surface area contributed by atoms with E-state index in [9.17, 15) is 4.79 Å². The summed E-state index contributed by atoms with van der Waals surface area (Å²) in [7, 11) is 0. The van der Waals surface area contributed by atoms with E-state index in [4.69, 9.17) is 5.26 Å². The van der Waals surface area contributed by atoms with E-state index in [1.54, 1.807) is 12.1 Å². The highest BCUT2D eigenvalue weighted by atomic mass is 16.1. The van der Waals surface area contributed by atoms with E-state index in [1.807, 2.05) is 30.3 Å². The maximum Gasteiger partial charge on any atom is 0.251 e. The van der Waals surface area contributed by atoms with Gasteiger partial charge in [0.05, 0.1) is 18.5 Å². The fourth-order valence-electron chi connectivity index (χ4n) is 3.03. The van der Waals surface area contributed by atoms with Crippen molar-refractivity contribution >= 4 is 5.91 Å². The van der Waals surface area contributed by atoms with Crippen LogP contribution in [-0.4, -0.2) is 5.91 Å². The standard InChI is InChI=1S/C21H24N2O/c1-3-17(4-2)20(18-10-6-5-7-11-18)23-21(24)19-12-8-9-16(15-19)13-14-22/h5-12,15,17,20H,3-4,13H2,1-2H3,(H,23,24). The summed E-state index contributed by atoms with van der Waals surface area (Å²) < 4.78 is 0. The predicted molar refractivity (Wildman–Crippen MR) is 96.5 cm³/mol. The van der Waals surface area contributed by atoms with Crippen LogP contribution in [0.15, 0.2) is 54.6 Å². The molecule has 2 rings (SSSR count). The Kier molecular flexibility index (Phi) is 6.57. The molecule has 24 heavy (non-hydrogen) atoms. The Morgan fingerprint density at radius 1 is 1.08 bits per heavy atom. The van der Waals surface area contributed by atoms with Crippen molar-refractivity contribution in [2.45, 2.75) is 39.2 Å². The number of nitrogens with one attached hydrogen (secondary N) is 1. The summed E-state index contributed by atoms with van der Waals surface area (Å²) >= 11 is 0. The molecule has 124 valence electrons. The third kappa shape index (κ3) is 4.45. The van der Waals surface area contributed by atoms with Gasteiger partial charge in [0, 0.05) is 5.56 Å². The Labute approximate surface area is 144 Å². The molecule has 2 aromatic carbocycles. The summed E-state index contributed by atoms with van der Waals surface area (Å²) in [5.74, 6) is 0.300. The topological polar surface area (TPSA) is 52.9 Å². The summed E-state index contributed by atoms with van der Waals surface area (Å²) in [5, 5.41) is 12.0. The number of carbonyl (C=O) groups excluding carboxylic acids is 1. The van der Waals surface area contributed by atoms with E-state index < -0.39 is 0 Å². The van der Waals surface area contributed by atoms with Gasteiger partial charge in [-0.3, -0.25) is 4.79 Å². The molecule has 1 amide bonds. The van der Waals surface area contributed by atoms with Gasteiger partial charge in [0.15, 0.2) is 0 Å². The van der Waals surface area contributed by atoms with Crippen molar-refractivity contribution < 1.29 is 4.79 Å². The molecule has 0 fully saturated rings. The maximum absolute atomic E-state index is 12.7. The van der Waals surface area contributed by atoms with Gasteiger partial charge in [-0.15, -0.1) is 0 Å². The highest BCUT2D eigenvalue weighted by Crippen LogP contribution is 2.27. The zero-order chi connectivity index (χ0) is 17.4. The second-order valence-electron chi connectivity index (χ2n) is 5.97. The number of hydrogen-bond donors (Lipinski definition) is 1. The lowest BCUT2D eigenvalue weighted by atomic mass is 9.88. The van der Waals surface area contributed by atoms with E-state index in [2.05, 4.69) is 37.4 Å². The fourth-order valence-corrected chi connectivity index (χ4v) is 3.03. The molecule has 3 nitrogen and oxygen atoms in total. The Balaban J connectivity index is 2.24. The van der Waals surface area contributed by atoms with Crippen LogP contribution in [0.1, 0.15) is 54.2 Å². The molecule has 3 heteroatoms. The lowest BCUT2D eigenvalue weighted by molar-refractivity contribution is 0.0919. The van der Waals surface area contributed by atoms with Crippen molar-refractivity contribution in [1.82, 2.24) is 5.32 Å². The van der Waals surface area contributed by atoms with Crippen molar-refractivity contribution in [2.24, 2.45) is 5.92 Å². The Morgan fingerprint density at radius 3 is 2.42 bits per heavy atom. The van der Waals surface area contributed by atoms with Crippen LogP contribution < -0.4 is 5.32 Å². The summed E-state index contributed by atoms with van der Waals surface area (Å²) in [6.07, 6.45) is 2.32. The molecular weight excluding hydrogens is 296 g/mol. The quantitative estimate of drug-likeness (QED) is 0.806. The van der Waals surface area contributed by atoms with Crippen LogP contribution in [0.3, 0.4) is 0 Å². The first-order valence-corrected chi connectivity index (χ1v) is 8.51. The molecule has 0 spiro atoms. The van der Waals surface area contributed by atoms with Crippen LogP contribution in [0.25, 0.3) is 0 Å². The van der Waals surface area contributed by atoms with Crippen LogP contribution in [0.5, 0.6) is 0 Å². The van der Waals surface area contributed by atoms with Crippen molar-refractivity contribution in [3.63, 3.8) is 0 Å². The van der Waals surface area contributed by atoms with Crippen molar-refractivity contribution in [1.29, 1.82) is 5.26 Å². The largest absolute Gasteiger partial charge is 0.345 e. The lowest BCUT2D eigenvalue weighted by Gasteiger charge is -2.27. The van der Waals surface area contributed by atoms with Crippen LogP contribution >= 0.6 is 0 Å². The monoisotopic (exact) mass is 320 g/mol. The second-order valence-corrected chi connectivity index (χ2v) is 5.97. The van der Waals surface area contributed by atoms with Crippen molar-refractivity contribution in [2.75, 3.05) is 0 Å². The molecule has 1 atom stereocenters. The van der Waals surface area contributed by atoms with E-state index in [0.29, 0.717) is 17.9 Å². The average molecular weight is 320 g/mol. The highest BCUT2D eigenvalue weighted by molar-refractivity contribution is 5.94. The molecule has 2 aromatic rings. The first kappa shape index (κ1) is 17.7. The summed E-state index contributed by atoms with van der Waals surface area (Å²) in [5.41, 5.74) is 2.60. The number of nitrogens with zero attached hydrogens (tertiary/aromatic N) is 1. The molecule has 0 bridgehead atoms. The average Bonchev–Trinajstić information content (AvgIpc) is 2.63. The van der Waals surface area contributed by atoms with Gasteiger partial charge in [-0.25, -0.2) is 0 Å². The number of amides is 1. The second kappa shape index (κ2) is 8.88. The van der Waals surface area contributed by atoms with Gasteiger partial charge in [0.1, 0.15) is 0 Å². The minimum Gasteiger partial charge on any atom is -0.345 e. The first-order chi connectivity index (χ1) is 11.7. The zero-order valence-corrected chi connectivity index (χ0v) is 14.3. The molecule has 1 N–H and O–H groups in total. The first-order valence-electron chi connectivity index (χ1n) is 8.51. The van der Waals surface area contributed by atoms with Gasteiger partial charge in [-0.1, -0.05) is 69.2 Å². The molecule has 0 aliphatic carbocycles. The normalized spacial score (nSPS) is 11.8. The lowest BCUT2D eigenvalue weighted by Crippen LogP contribution is -2.33. The van der Waals surface area contributed by atoms with E-state index >= 15 is 0 Å². The molecule has 0 aromatic heterocycles. The van der Waals surface area contributed by atoms with Gasteiger partial charge in [0.2, 0.25) is 0 Å². The minimum atomic E-state index is -0.0875. The predicted octanol–water partition coefficient (Wildman–Crippen LogP) is 4.66. The van der Waals surface area contributed by atoms with Crippen LogP contribution in [0, 0.1) is 17.2 Å². The Morgan fingerprint density at radius 2 is 1.79 bits per heavy atom. The molecule has 1 unspecified atom stereocenters. The van der Waals surface area contributed by atoms with Crippen LogP contribution in [0.2, 0.25) is 0 Å². The Hall–Kier alpha value is -2.60. The number of nitriles is 1. The maximum atomic E-state index is 12.7. The van der Waals surface area contributed by atoms with Crippen molar-refractivity contribution in [3.8, 4) is 6.07 Å². The summed E-state index contributed by atoms with van der Waals surface area (Å²) in [6, 6.07) is 19.5. The summed E-state index contributed by atoms with van der Waals surface area (Å²) in [4.78, 5) is 12.7. The van der Waals surface area contributed by atoms with E-state index in [1.165, 1.54) is 0 Å². The SMILES string of the molecule is CCC(CC)C(NC(=O)c1cccc(CC#N)c1)c1ccccc1. The molecule has 0 aliphatic rings. The molecule has 0 saturated heterocycles. The third-order valence-electron chi connectivity index (χ3n) is 4.44. The van der Waals surface area contributed by atoms with Gasteiger partial charge >= 0.3 is 0 Å². The van der Waals surface area contributed by atoms with Gasteiger partial charge in [-0.2, -0.15) is 5.26 Å². The van der Waals surface area contributed by atoms with Crippen LogP contribution in [0.4, 0.5) is 0 Å². The van der Waals surface area contributed by atoms with Gasteiger partial charge < -0.3 is 5.32 Å². The minimum absolute atomic E-state index is 0.00618. The van der Waals surface area contributed by atoms with E-state index in [-0.39, 0.29) is 11.9 Å². The van der Waals surface area contributed by atoms with Gasteiger partial charge in [-0.05, 0) is 29.2 Å². The molecule has 0 aliphatic heterocycles. The smallest absolute Gasteiger partial charge is 0.251 e. The Bertz CT molecular complexity index is 699. The van der Waals surface area contributed by atoms with Gasteiger partial charge in [0.25, 0.3) is 5.91 Å². The van der Waals surface area contributed by atoms with Crippen molar-refractivity contribution in [3.05, 3.63) is 71.3 Å². The van der Waals surface area contributed by atoms with Crippen LogP contribution in [-0.2, 0) is 6.42 Å². The zero-order valence-electron chi connectivity index (χ0n) is 14.3. The summed E-state index contributed by atoms with van der Waals surface area (Å²) in [6.45, 7) is 4.31. The number of benzene rings is 2. The highest BCUT2D eigenvalue weighted by Gasteiger charge is 2.22. The fraction of sp³-hybridized carbons (Fsp3) is 0.333. The molecule has 0 radical (unpaired) electrons.